The number of hydrogen-bond acceptors (Lipinski definition) is 7. The SMILES string of the molecule is O=C(Nc1csc(-c2cc3cccc(O)c3o2)c1C(=O)O)c1ccc2ncsc2c1. The van der Waals surface area contributed by atoms with E-state index in [1.807, 2.05) is 0 Å². The summed E-state index contributed by atoms with van der Waals surface area (Å²) in [7, 11) is 0. The Morgan fingerprint density at radius 3 is 2.77 bits per heavy atom. The summed E-state index contributed by atoms with van der Waals surface area (Å²) >= 11 is 2.56. The van der Waals surface area contributed by atoms with Gasteiger partial charge in [0.25, 0.3) is 5.91 Å². The number of phenols is 1. The topological polar surface area (TPSA) is 113 Å². The van der Waals surface area contributed by atoms with Crippen LogP contribution in [0.2, 0.25) is 0 Å². The molecule has 0 spiro atoms. The highest BCUT2D eigenvalue weighted by molar-refractivity contribution is 7.16. The summed E-state index contributed by atoms with van der Waals surface area (Å²) < 4.78 is 6.57. The number of aromatic carboxylic acids is 1. The lowest BCUT2D eigenvalue weighted by Gasteiger charge is -2.05. The second-order valence-corrected chi connectivity index (χ2v) is 8.22. The van der Waals surface area contributed by atoms with Gasteiger partial charge in [-0.3, -0.25) is 4.79 Å². The quantitative estimate of drug-likeness (QED) is 0.346. The third-order valence-electron chi connectivity index (χ3n) is 4.59. The lowest BCUT2D eigenvalue weighted by Crippen LogP contribution is -2.13. The third-order valence-corrected chi connectivity index (χ3v) is 6.38. The molecule has 3 heterocycles. The highest BCUT2D eigenvalue weighted by Crippen LogP contribution is 2.40. The van der Waals surface area contributed by atoms with E-state index in [1.165, 1.54) is 17.4 Å². The number of anilines is 1. The molecule has 0 aliphatic heterocycles. The molecule has 30 heavy (non-hydrogen) atoms. The van der Waals surface area contributed by atoms with Gasteiger partial charge in [0.1, 0.15) is 11.3 Å². The number of fused-ring (bicyclic) bond motifs is 2. The molecule has 3 N–H and O–H groups in total. The first kappa shape index (κ1) is 18.3. The lowest BCUT2D eigenvalue weighted by atomic mass is 10.1. The van der Waals surface area contributed by atoms with E-state index in [-0.39, 0.29) is 22.6 Å². The Labute approximate surface area is 176 Å². The first-order valence-corrected chi connectivity index (χ1v) is 10.5. The van der Waals surface area contributed by atoms with Crippen LogP contribution in [-0.4, -0.2) is 27.1 Å². The maximum absolute atomic E-state index is 12.7. The summed E-state index contributed by atoms with van der Waals surface area (Å²) in [6.45, 7) is 0. The highest BCUT2D eigenvalue weighted by atomic mass is 32.1. The molecule has 9 heteroatoms. The van der Waals surface area contributed by atoms with Crippen molar-refractivity contribution in [3.8, 4) is 16.4 Å². The van der Waals surface area contributed by atoms with Crippen molar-refractivity contribution >= 4 is 61.4 Å². The van der Waals surface area contributed by atoms with E-state index >= 15 is 0 Å². The number of phenolic OH excluding ortho intramolecular Hbond substituents is 1. The zero-order valence-corrected chi connectivity index (χ0v) is 16.7. The number of furan rings is 1. The van der Waals surface area contributed by atoms with Gasteiger partial charge in [-0.1, -0.05) is 12.1 Å². The number of benzene rings is 2. The molecule has 0 atom stereocenters. The minimum Gasteiger partial charge on any atom is -0.504 e. The Bertz CT molecular complexity index is 1450. The second-order valence-electron chi connectivity index (χ2n) is 6.45. The van der Waals surface area contributed by atoms with E-state index in [9.17, 15) is 19.8 Å². The van der Waals surface area contributed by atoms with Crippen molar-refractivity contribution in [3.05, 3.63) is 64.5 Å². The van der Waals surface area contributed by atoms with Gasteiger partial charge in [0.2, 0.25) is 0 Å². The normalized spacial score (nSPS) is 11.2. The number of carboxylic acid groups (broad SMARTS) is 1. The number of thiophene rings is 1. The molecule has 1 amide bonds. The molecule has 0 saturated heterocycles. The summed E-state index contributed by atoms with van der Waals surface area (Å²) in [4.78, 5) is 29.2. The van der Waals surface area contributed by atoms with Crippen LogP contribution in [0, 0.1) is 0 Å². The summed E-state index contributed by atoms with van der Waals surface area (Å²) in [5, 5.41) is 24.6. The van der Waals surface area contributed by atoms with Crippen LogP contribution < -0.4 is 5.32 Å². The van der Waals surface area contributed by atoms with Crippen LogP contribution >= 0.6 is 22.7 Å². The summed E-state index contributed by atoms with van der Waals surface area (Å²) in [6, 6.07) is 11.7. The van der Waals surface area contributed by atoms with E-state index in [0.717, 1.165) is 21.6 Å². The van der Waals surface area contributed by atoms with Crippen LogP contribution in [0.5, 0.6) is 5.75 Å². The van der Waals surface area contributed by atoms with Gasteiger partial charge in [0, 0.05) is 16.3 Å². The maximum Gasteiger partial charge on any atom is 0.339 e. The summed E-state index contributed by atoms with van der Waals surface area (Å²) in [5.74, 6) is -1.33. The number of hydrogen-bond donors (Lipinski definition) is 3. The molecule has 5 aromatic rings. The number of aromatic nitrogens is 1. The highest BCUT2D eigenvalue weighted by Gasteiger charge is 2.24. The Hall–Kier alpha value is -3.69. The zero-order valence-electron chi connectivity index (χ0n) is 15.1. The molecule has 0 aliphatic rings. The number of carboxylic acids is 1. The fraction of sp³-hybridized carbons (Fsp3) is 0. The largest absolute Gasteiger partial charge is 0.504 e. The van der Waals surface area contributed by atoms with E-state index in [1.54, 1.807) is 47.3 Å². The molecule has 0 unspecified atom stereocenters. The van der Waals surface area contributed by atoms with Gasteiger partial charge in [-0.2, -0.15) is 0 Å². The fourth-order valence-electron chi connectivity index (χ4n) is 3.19. The number of amides is 1. The molecule has 2 aromatic carbocycles. The number of nitrogens with zero attached hydrogens (tertiary/aromatic N) is 1. The molecule has 5 rings (SSSR count). The van der Waals surface area contributed by atoms with E-state index in [4.69, 9.17) is 4.42 Å². The number of para-hydroxylation sites is 1. The smallest absolute Gasteiger partial charge is 0.339 e. The molecule has 3 aromatic heterocycles. The maximum atomic E-state index is 12.7. The van der Waals surface area contributed by atoms with Crippen molar-refractivity contribution in [2.45, 2.75) is 0 Å². The van der Waals surface area contributed by atoms with Crippen molar-refractivity contribution in [2.24, 2.45) is 0 Å². The van der Waals surface area contributed by atoms with Crippen LogP contribution in [0.15, 0.2) is 57.8 Å². The summed E-state index contributed by atoms with van der Waals surface area (Å²) in [6.07, 6.45) is 0. The number of aromatic hydroxyl groups is 1. The van der Waals surface area contributed by atoms with Crippen molar-refractivity contribution in [1.29, 1.82) is 0 Å². The molecular weight excluding hydrogens is 424 g/mol. The van der Waals surface area contributed by atoms with E-state index in [2.05, 4.69) is 10.3 Å². The number of carbonyl (C=O) groups excluding carboxylic acids is 1. The average molecular weight is 436 g/mol. The first-order chi connectivity index (χ1) is 14.5. The Balaban J connectivity index is 1.52. The first-order valence-electron chi connectivity index (χ1n) is 8.72. The van der Waals surface area contributed by atoms with Crippen molar-refractivity contribution in [1.82, 2.24) is 4.98 Å². The molecule has 0 bridgehead atoms. The van der Waals surface area contributed by atoms with Crippen molar-refractivity contribution in [3.63, 3.8) is 0 Å². The number of thiazole rings is 1. The third kappa shape index (κ3) is 3.00. The predicted octanol–water partition coefficient (Wildman–Crippen LogP) is 5.43. The Kier molecular flexibility index (Phi) is 4.27. The van der Waals surface area contributed by atoms with Gasteiger partial charge in [0.05, 0.1) is 26.3 Å². The van der Waals surface area contributed by atoms with Crippen LogP contribution in [0.4, 0.5) is 5.69 Å². The van der Waals surface area contributed by atoms with Crippen LogP contribution in [-0.2, 0) is 0 Å². The van der Waals surface area contributed by atoms with Gasteiger partial charge >= 0.3 is 5.97 Å². The zero-order chi connectivity index (χ0) is 20.8. The van der Waals surface area contributed by atoms with Crippen LogP contribution in [0.3, 0.4) is 0 Å². The summed E-state index contributed by atoms with van der Waals surface area (Å²) in [5.41, 5.74) is 3.30. The number of nitrogens with one attached hydrogen (secondary N) is 1. The minimum atomic E-state index is -1.19. The van der Waals surface area contributed by atoms with Gasteiger partial charge in [-0.25, -0.2) is 9.78 Å². The van der Waals surface area contributed by atoms with Gasteiger partial charge in [-0.15, -0.1) is 22.7 Å². The minimum absolute atomic E-state index is 0.0285. The monoisotopic (exact) mass is 436 g/mol. The molecule has 7 nitrogen and oxygen atoms in total. The molecule has 148 valence electrons. The Morgan fingerprint density at radius 1 is 1.10 bits per heavy atom. The predicted molar refractivity (Wildman–Crippen MR) is 116 cm³/mol. The van der Waals surface area contributed by atoms with E-state index < -0.39 is 11.9 Å². The average Bonchev–Trinajstić information content (AvgIpc) is 3.45. The molecule has 0 fully saturated rings. The molecule has 0 aliphatic carbocycles. The number of rotatable bonds is 4. The number of carbonyl (C=O) groups is 2. The van der Waals surface area contributed by atoms with Crippen molar-refractivity contribution < 1.29 is 24.2 Å². The molecule has 0 saturated carbocycles. The molecular formula is C21H12N2O5S2. The Morgan fingerprint density at radius 2 is 1.97 bits per heavy atom. The second kappa shape index (κ2) is 6.97. The standard InChI is InChI=1S/C21H12N2O5S2/c24-14-3-1-2-10-6-15(28-18(10)14)19-17(21(26)27)13(8-29-19)23-20(25)11-4-5-12-16(7-11)30-9-22-12/h1-9,24H,(H,23,25)(H,26,27). The van der Waals surface area contributed by atoms with E-state index in [0.29, 0.717) is 21.6 Å². The fourth-order valence-corrected chi connectivity index (χ4v) is 4.85. The molecule has 0 radical (unpaired) electrons. The van der Waals surface area contributed by atoms with Gasteiger partial charge in [0.15, 0.2) is 11.3 Å². The van der Waals surface area contributed by atoms with Crippen LogP contribution in [0.25, 0.3) is 31.8 Å². The van der Waals surface area contributed by atoms with Crippen LogP contribution in [0.1, 0.15) is 20.7 Å². The lowest BCUT2D eigenvalue weighted by molar-refractivity contribution is 0.0699. The van der Waals surface area contributed by atoms with Crippen molar-refractivity contribution in [2.75, 3.05) is 5.32 Å². The van der Waals surface area contributed by atoms with Gasteiger partial charge < -0.3 is 19.9 Å². The van der Waals surface area contributed by atoms with Gasteiger partial charge in [-0.05, 0) is 30.3 Å².